The van der Waals surface area contributed by atoms with Crippen LogP contribution in [0.5, 0.6) is 0 Å². The van der Waals surface area contributed by atoms with E-state index in [1.165, 1.54) is 0 Å². The van der Waals surface area contributed by atoms with Gasteiger partial charge >= 0.3 is 0 Å². The van der Waals surface area contributed by atoms with Crippen molar-refractivity contribution in [3.8, 4) is 11.3 Å². The molecule has 0 spiro atoms. The number of fused-ring (bicyclic) bond motifs is 1. The van der Waals surface area contributed by atoms with Crippen molar-refractivity contribution in [2.75, 3.05) is 32.8 Å². The summed E-state index contributed by atoms with van der Waals surface area (Å²) in [5.41, 5.74) is 1.93. The van der Waals surface area contributed by atoms with Crippen molar-refractivity contribution >= 4 is 16.9 Å². The van der Waals surface area contributed by atoms with Gasteiger partial charge in [0.1, 0.15) is 5.76 Å². The lowest BCUT2D eigenvalue weighted by molar-refractivity contribution is 0.00673. The van der Waals surface area contributed by atoms with Gasteiger partial charge in [0.25, 0.3) is 5.91 Å². The van der Waals surface area contributed by atoms with E-state index in [4.69, 9.17) is 9.15 Å². The van der Waals surface area contributed by atoms with Crippen LogP contribution in [-0.4, -0.2) is 49.7 Å². The number of rotatable bonds is 6. The van der Waals surface area contributed by atoms with Gasteiger partial charge in [-0.05, 0) is 25.0 Å². The molecule has 1 aliphatic heterocycles. The average Bonchev–Trinajstić information content (AvgIpc) is 2.82. The van der Waals surface area contributed by atoms with E-state index >= 15 is 0 Å². The standard InChI is InChI=1S/C26H30N2O4/c1-17(2)22(28-12-14-31-15-13-28)16-27-26(30)21-11-7-10-20-23(29)18(3)24(32-25(20)21)19-8-5-4-6-9-19/h4-11,17,22H,12-16H2,1-3H3,(H,27,30)/t22-/m1/s1. The smallest absolute Gasteiger partial charge is 0.255 e. The maximum absolute atomic E-state index is 13.2. The zero-order valence-electron chi connectivity index (χ0n) is 18.9. The SMILES string of the molecule is Cc1c(-c2ccccc2)oc2c(C(=O)NC[C@H](C(C)C)N3CCOCC3)cccc2c1=O. The molecule has 1 aromatic heterocycles. The van der Waals surface area contributed by atoms with Crippen LogP contribution in [0.25, 0.3) is 22.3 Å². The van der Waals surface area contributed by atoms with E-state index in [0.717, 1.165) is 18.7 Å². The third kappa shape index (κ3) is 4.47. The van der Waals surface area contributed by atoms with E-state index in [-0.39, 0.29) is 17.4 Å². The van der Waals surface area contributed by atoms with E-state index in [1.54, 1.807) is 25.1 Å². The topological polar surface area (TPSA) is 71.8 Å². The lowest BCUT2D eigenvalue weighted by Crippen LogP contribution is -2.51. The quantitative estimate of drug-likeness (QED) is 0.638. The third-order valence-electron chi connectivity index (χ3n) is 6.18. The summed E-state index contributed by atoms with van der Waals surface area (Å²) < 4.78 is 11.7. The van der Waals surface area contributed by atoms with Crippen molar-refractivity contribution < 1.29 is 13.9 Å². The van der Waals surface area contributed by atoms with Crippen LogP contribution in [0.2, 0.25) is 0 Å². The van der Waals surface area contributed by atoms with Gasteiger partial charge in [-0.15, -0.1) is 0 Å². The molecule has 0 unspecified atom stereocenters. The second-order valence-electron chi connectivity index (χ2n) is 8.60. The number of nitrogens with zero attached hydrogens (tertiary/aromatic N) is 1. The van der Waals surface area contributed by atoms with Crippen molar-refractivity contribution in [2.45, 2.75) is 26.8 Å². The Labute approximate surface area is 188 Å². The highest BCUT2D eigenvalue weighted by atomic mass is 16.5. The van der Waals surface area contributed by atoms with Crippen LogP contribution < -0.4 is 10.7 Å². The number of ether oxygens (including phenoxy) is 1. The zero-order valence-corrected chi connectivity index (χ0v) is 18.9. The highest BCUT2D eigenvalue weighted by Crippen LogP contribution is 2.27. The van der Waals surface area contributed by atoms with Gasteiger partial charge in [-0.1, -0.05) is 50.2 Å². The first-order valence-electron chi connectivity index (χ1n) is 11.2. The normalized spacial score (nSPS) is 15.8. The van der Waals surface area contributed by atoms with Gasteiger partial charge in [0, 0.05) is 36.8 Å². The molecule has 1 atom stereocenters. The summed E-state index contributed by atoms with van der Waals surface area (Å²) in [4.78, 5) is 28.6. The molecule has 3 aromatic rings. The minimum absolute atomic E-state index is 0.117. The molecular weight excluding hydrogens is 404 g/mol. The molecule has 2 aromatic carbocycles. The first kappa shape index (κ1) is 22.2. The lowest BCUT2D eigenvalue weighted by atomic mass is 10.0. The summed E-state index contributed by atoms with van der Waals surface area (Å²) in [5.74, 6) is 0.642. The van der Waals surface area contributed by atoms with Gasteiger partial charge in [-0.25, -0.2) is 0 Å². The Morgan fingerprint density at radius 3 is 2.47 bits per heavy atom. The van der Waals surface area contributed by atoms with Gasteiger partial charge in [-0.2, -0.15) is 0 Å². The monoisotopic (exact) mass is 434 g/mol. The molecule has 32 heavy (non-hydrogen) atoms. The lowest BCUT2D eigenvalue weighted by Gasteiger charge is -2.36. The molecule has 1 amide bonds. The Kier molecular flexibility index (Phi) is 6.72. The van der Waals surface area contributed by atoms with Crippen molar-refractivity contribution in [3.05, 3.63) is 69.9 Å². The fourth-order valence-electron chi connectivity index (χ4n) is 4.34. The van der Waals surface area contributed by atoms with E-state index < -0.39 is 0 Å². The van der Waals surface area contributed by atoms with Crippen LogP contribution >= 0.6 is 0 Å². The summed E-state index contributed by atoms with van der Waals surface area (Å²) in [6.45, 7) is 9.77. The number of benzene rings is 2. The zero-order chi connectivity index (χ0) is 22.7. The molecule has 0 radical (unpaired) electrons. The fourth-order valence-corrected chi connectivity index (χ4v) is 4.34. The third-order valence-corrected chi connectivity index (χ3v) is 6.18. The largest absolute Gasteiger partial charge is 0.455 e. The molecule has 6 nitrogen and oxygen atoms in total. The molecule has 1 fully saturated rings. The van der Waals surface area contributed by atoms with Gasteiger partial charge in [0.05, 0.1) is 24.2 Å². The second-order valence-corrected chi connectivity index (χ2v) is 8.60. The second kappa shape index (κ2) is 9.67. The molecule has 0 bridgehead atoms. The van der Waals surface area contributed by atoms with Gasteiger partial charge in [-0.3, -0.25) is 14.5 Å². The summed E-state index contributed by atoms with van der Waals surface area (Å²) in [7, 11) is 0. The maximum atomic E-state index is 13.2. The Balaban J connectivity index is 1.65. The van der Waals surface area contributed by atoms with E-state index in [9.17, 15) is 9.59 Å². The minimum atomic E-state index is -0.236. The fraction of sp³-hybridized carbons (Fsp3) is 0.385. The maximum Gasteiger partial charge on any atom is 0.255 e. The number of nitrogens with one attached hydrogen (secondary N) is 1. The van der Waals surface area contributed by atoms with Crippen molar-refractivity contribution in [1.29, 1.82) is 0 Å². The first-order chi connectivity index (χ1) is 15.5. The Morgan fingerprint density at radius 2 is 1.78 bits per heavy atom. The number of amides is 1. The Morgan fingerprint density at radius 1 is 1.06 bits per heavy atom. The predicted molar refractivity (Wildman–Crippen MR) is 126 cm³/mol. The Hall–Kier alpha value is -2.96. The van der Waals surface area contributed by atoms with Crippen molar-refractivity contribution in [3.63, 3.8) is 0 Å². The molecule has 4 rings (SSSR count). The molecule has 0 aliphatic carbocycles. The molecule has 1 N–H and O–H groups in total. The van der Waals surface area contributed by atoms with Crippen LogP contribution in [0, 0.1) is 12.8 Å². The summed E-state index contributed by atoms with van der Waals surface area (Å²) in [6.07, 6.45) is 0. The van der Waals surface area contributed by atoms with Gasteiger partial charge in [0.15, 0.2) is 11.0 Å². The highest BCUT2D eigenvalue weighted by Gasteiger charge is 2.25. The first-order valence-corrected chi connectivity index (χ1v) is 11.2. The van der Waals surface area contributed by atoms with Crippen LogP contribution in [0.3, 0.4) is 0 Å². The van der Waals surface area contributed by atoms with Gasteiger partial charge < -0.3 is 14.5 Å². The summed E-state index contributed by atoms with van der Waals surface area (Å²) in [5, 5.41) is 3.50. The van der Waals surface area contributed by atoms with Crippen LogP contribution in [-0.2, 0) is 4.74 Å². The molecular formula is C26H30N2O4. The van der Waals surface area contributed by atoms with E-state index in [1.807, 2.05) is 30.3 Å². The van der Waals surface area contributed by atoms with Gasteiger partial charge in [0.2, 0.25) is 0 Å². The predicted octanol–water partition coefficient (Wildman–Crippen LogP) is 3.86. The molecule has 168 valence electrons. The van der Waals surface area contributed by atoms with E-state index in [0.29, 0.717) is 53.5 Å². The minimum Gasteiger partial charge on any atom is -0.455 e. The molecule has 0 saturated carbocycles. The molecule has 1 saturated heterocycles. The number of hydrogen-bond donors (Lipinski definition) is 1. The van der Waals surface area contributed by atoms with Crippen LogP contribution in [0.4, 0.5) is 0 Å². The number of carbonyl (C=O) groups excluding carboxylic acids is 1. The van der Waals surface area contributed by atoms with Crippen molar-refractivity contribution in [2.24, 2.45) is 5.92 Å². The van der Waals surface area contributed by atoms with Crippen molar-refractivity contribution in [1.82, 2.24) is 10.2 Å². The van der Waals surface area contributed by atoms with Crippen LogP contribution in [0.15, 0.2) is 57.7 Å². The average molecular weight is 435 g/mol. The highest BCUT2D eigenvalue weighted by molar-refractivity contribution is 6.05. The number of hydrogen-bond acceptors (Lipinski definition) is 5. The number of para-hydroxylation sites is 1. The summed E-state index contributed by atoms with van der Waals surface area (Å²) in [6, 6.07) is 14.9. The number of carbonyl (C=O) groups is 1. The van der Waals surface area contributed by atoms with E-state index in [2.05, 4.69) is 24.1 Å². The Bertz CT molecular complexity index is 1150. The summed E-state index contributed by atoms with van der Waals surface area (Å²) >= 11 is 0. The molecule has 1 aliphatic rings. The molecule has 6 heteroatoms. The number of morpholine rings is 1. The molecule has 2 heterocycles. The van der Waals surface area contributed by atoms with Crippen LogP contribution in [0.1, 0.15) is 29.8 Å².